The molecule has 3 nitrogen and oxygen atoms in total. The third-order valence-electron chi connectivity index (χ3n) is 2.40. The molecule has 0 bridgehead atoms. The highest BCUT2D eigenvalue weighted by atomic mass is 79.9. The first-order valence-electron chi connectivity index (χ1n) is 4.94. The Hall–Kier alpha value is -1.33. The van der Waals surface area contributed by atoms with Crippen molar-refractivity contribution in [3.63, 3.8) is 0 Å². The molecule has 0 saturated heterocycles. The van der Waals surface area contributed by atoms with Gasteiger partial charge in [-0.2, -0.15) is 0 Å². The third kappa shape index (κ3) is 2.35. The lowest BCUT2D eigenvalue weighted by molar-refractivity contribution is 0.104. The number of aryl methyl sites for hydroxylation is 1. The van der Waals surface area contributed by atoms with Crippen molar-refractivity contribution in [3.05, 3.63) is 44.1 Å². The predicted molar refractivity (Wildman–Crippen MR) is 75.5 cm³/mol. The fraction of sp³-hybridized carbons (Fsp3) is 0.0833. The SMILES string of the molecule is Cc1sc(C(=O)c2ccc(N)cc2N)cc1Br. The Morgan fingerprint density at radius 3 is 2.53 bits per heavy atom. The van der Waals surface area contributed by atoms with Gasteiger partial charge < -0.3 is 11.5 Å². The second-order valence-electron chi connectivity index (χ2n) is 3.69. The summed E-state index contributed by atoms with van der Waals surface area (Å²) in [6.45, 7) is 1.96. The summed E-state index contributed by atoms with van der Waals surface area (Å²) >= 11 is 4.84. The fourth-order valence-electron chi connectivity index (χ4n) is 1.49. The second-order valence-corrected chi connectivity index (χ2v) is 5.80. The van der Waals surface area contributed by atoms with Crippen molar-refractivity contribution in [2.45, 2.75) is 6.92 Å². The lowest BCUT2D eigenvalue weighted by atomic mass is 10.1. The summed E-state index contributed by atoms with van der Waals surface area (Å²) in [6, 6.07) is 6.76. The molecule has 0 aliphatic rings. The Balaban J connectivity index is 2.43. The molecule has 2 rings (SSSR count). The molecule has 17 heavy (non-hydrogen) atoms. The normalized spacial score (nSPS) is 10.5. The van der Waals surface area contributed by atoms with Crippen LogP contribution in [0.4, 0.5) is 11.4 Å². The molecule has 0 amide bonds. The number of ketones is 1. The quantitative estimate of drug-likeness (QED) is 0.661. The maximum atomic E-state index is 12.2. The molecule has 4 N–H and O–H groups in total. The van der Waals surface area contributed by atoms with Gasteiger partial charge >= 0.3 is 0 Å². The van der Waals surface area contributed by atoms with E-state index in [1.165, 1.54) is 11.3 Å². The average molecular weight is 311 g/mol. The van der Waals surface area contributed by atoms with Gasteiger partial charge in [-0.15, -0.1) is 11.3 Å². The van der Waals surface area contributed by atoms with Crippen LogP contribution in [0.2, 0.25) is 0 Å². The molecule has 0 aliphatic heterocycles. The molecule has 0 fully saturated rings. The minimum atomic E-state index is -0.0682. The molecule has 0 atom stereocenters. The number of carbonyl (C=O) groups is 1. The first-order valence-corrected chi connectivity index (χ1v) is 6.55. The monoisotopic (exact) mass is 310 g/mol. The Bertz CT molecular complexity index is 573. The van der Waals surface area contributed by atoms with Gasteiger partial charge in [0.15, 0.2) is 0 Å². The van der Waals surface area contributed by atoms with Crippen molar-refractivity contribution in [2.24, 2.45) is 0 Å². The Morgan fingerprint density at radius 2 is 2.00 bits per heavy atom. The number of nitrogens with two attached hydrogens (primary N) is 2. The van der Waals surface area contributed by atoms with E-state index in [9.17, 15) is 4.79 Å². The van der Waals surface area contributed by atoms with Gasteiger partial charge in [-0.05, 0) is 47.1 Å². The van der Waals surface area contributed by atoms with Gasteiger partial charge in [-0.25, -0.2) is 0 Å². The molecular formula is C12H11BrN2OS. The number of anilines is 2. The molecular weight excluding hydrogens is 300 g/mol. The Labute approximate surface area is 112 Å². The maximum absolute atomic E-state index is 12.2. The van der Waals surface area contributed by atoms with Crippen molar-refractivity contribution in [3.8, 4) is 0 Å². The van der Waals surface area contributed by atoms with Crippen molar-refractivity contribution < 1.29 is 4.79 Å². The van der Waals surface area contributed by atoms with E-state index >= 15 is 0 Å². The average Bonchev–Trinajstić information content (AvgIpc) is 2.58. The molecule has 0 spiro atoms. The Kier molecular flexibility index (Phi) is 3.22. The van der Waals surface area contributed by atoms with Crippen LogP contribution in [0.5, 0.6) is 0 Å². The zero-order valence-electron chi connectivity index (χ0n) is 9.16. The molecule has 1 heterocycles. The van der Waals surface area contributed by atoms with Gasteiger partial charge in [-0.3, -0.25) is 4.79 Å². The lowest BCUT2D eigenvalue weighted by Gasteiger charge is -2.03. The van der Waals surface area contributed by atoms with E-state index in [1.807, 2.05) is 13.0 Å². The fourth-order valence-corrected chi connectivity index (χ4v) is 2.98. The minimum absolute atomic E-state index is 0.0682. The minimum Gasteiger partial charge on any atom is -0.399 e. The Morgan fingerprint density at radius 1 is 1.29 bits per heavy atom. The second kappa shape index (κ2) is 4.50. The first kappa shape index (κ1) is 12.1. The summed E-state index contributed by atoms with van der Waals surface area (Å²) in [5.41, 5.74) is 12.9. The summed E-state index contributed by atoms with van der Waals surface area (Å²) < 4.78 is 0.944. The largest absolute Gasteiger partial charge is 0.399 e. The highest BCUT2D eigenvalue weighted by molar-refractivity contribution is 9.10. The number of benzene rings is 1. The highest BCUT2D eigenvalue weighted by Crippen LogP contribution is 2.29. The molecule has 0 saturated carbocycles. The van der Waals surface area contributed by atoms with Gasteiger partial charge in [0.05, 0.1) is 4.88 Å². The van der Waals surface area contributed by atoms with E-state index in [1.54, 1.807) is 18.2 Å². The summed E-state index contributed by atoms with van der Waals surface area (Å²) in [4.78, 5) is 14.0. The van der Waals surface area contributed by atoms with E-state index in [0.29, 0.717) is 21.8 Å². The van der Waals surface area contributed by atoms with Gasteiger partial charge in [0, 0.05) is 26.3 Å². The van der Waals surface area contributed by atoms with Crippen molar-refractivity contribution >= 4 is 44.4 Å². The zero-order valence-corrected chi connectivity index (χ0v) is 11.6. The van der Waals surface area contributed by atoms with Crippen LogP contribution < -0.4 is 11.5 Å². The number of rotatable bonds is 2. The van der Waals surface area contributed by atoms with Crippen LogP contribution in [0.15, 0.2) is 28.7 Å². The topological polar surface area (TPSA) is 69.1 Å². The van der Waals surface area contributed by atoms with Crippen LogP contribution in [0, 0.1) is 6.92 Å². The number of halogens is 1. The van der Waals surface area contributed by atoms with Crippen LogP contribution in [-0.4, -0.2) is 5.78 Å². The molecule has 1 aromatic carbocycles. The van der Waals surface area contributed by atoms with E-state index in [2.05, 4.69) is 15.9 Å². The summed E-state index contributed by atoms with van der Waals surface area (Å²) in [6.07, 6.45) is 0. The van der Waals surface area contributed by atoms with Gasteiger partial charge in [0.2, 0.25) is 5.78 Å². The molecule has 1 aromatic heterocycles. The van der Waals surface area contributed by atoms with Crippen LogP contribution in [-0.2, 0) is 0 Å². The summed E-state index contributed by atoms with van der Waals surface area (Å²) in [5.74, 6) is -0.0682. The summed E-state index contributed by atoms with van der Waals surface area (Å²) in [5, 5.41) is 0. The third-order valence-corrected chi connectivity index (χ3v) is 4.54. The molecule has 0 radical (unpaired) electrons. The molecule has 0 aliphatic carbocycles. The van der Waals surface area contributed by atoms with Crippen LogP contribution in [0.25, 0.3) is 0 Å². The molecule has 5 heteroatoms. The van der Waals surface area contributed by atoms with Gasteiger partial charge in [0.1, 0.15) is 0 Å². The molecule has 0 unspecified atom stereocenters. The molecule has 88 valence electrons. The highest BCUT2D eigenvalue weighted by Gasteiger charge is 2.15. The van der Waals surface area contributed by atoms with Crippen LogP contribution in [0.1, 0.15) is 20.1 Å². The van der Waals surface area contributed by atoms with Crippen LogP contribution in [0.3, 0.4) is 0 Å². The van der Waals surface area contributed by atoms with Crippen molar-refractivity contribution in [2.75, 3.05) is 11.5 Å². The number of thiophene rings is 1. The number of hydrogen-bond donors (Lipinski definition) is 2. The predicted octanol–water partition coefficient (Wildman–Crippen LogP) is 3.21. The van der Waals surface area contributed by atoms with E-state index in [4.69, 9.17) is 11.5 Å². The van der Waals surface area contributed by atoms with Crippen molar-refractivity contribution in [1.29, 1.82) is 0 Å². The summed E-state index contributed by atoms with van der Waals surface area (Å²) in [7, 11) is 0. The lowest BCUT2D eigenvalue weighted by Crippen LogP contribution is -2.04. The standard InChI is InChI=1S/C12H11BrN2OS/c1-6-9(13)5-11(17-6)12(16)8-3-2-7(14)4-10(8)15/h2-5H,14-15H2,1H3. The van der Waals surface area contributed by atoms with E-state index < -0.39 is 0 Å². The van der Waals surface area contributed by atoms with E-state index in [0.717, 1.165) is 9.35 Å². The number of hydrogen-bond acceptors (Lipinski definition) is 4. The number of nitrogen functional groups attached to an aromatic ring is 2. The number of carbonyl (C=O) groups excluding carboxylic acids is 1. The smallest absolute Gasteiger partial charge is 0.205 e. The van der Waals surface area contributed by atoms with Crippen molar-refractivity contribution in [1.82, 2.24) is 0 Å². The first-order chi connectivity index (χ1) is 7.99. The molecule has 2 aromatic rings. The maximum Gasteiger partial charge on any atom is 0.205 e. The van der Waals surface area contributed by atoms with Crippen LogP contribution >= 0.6 is 27.3 Å². The van der Waals surface area contributed by atoms with Gasteiger partial charge in [-0.1, -0.05) is 0 Å². The zero-order chi connectivity index (χ0) is 12.6. The van der Waals surface area contributed by atoms with Gasteiger partial charge in [0.25, 0.3) is 0 Å². The van der Waals surface area contributed by atoms with E-state index in [-0.39, 0.29) is 5.78 Å².